The van der Waals surface area contributed by atoms with E-state index in [1.54, 1.807) is 0 Å². The van der Waals surface area contributed by atoms with Gasteiger partial charge in [-0.15, -0.1) is 0 Å². The molecule has 1 aliphatic rings. The van der Waals surface area contributed by atoms with Crippen molar-refractivity contribution in [2.45, 2.75) is 19.8 Å². The number of carbonyl (C=O) groups excluding carboxylic acids is 1. The van der Waals surface area contributed by atoms with E-state index in [1.807, 2.05) is 11.8 Å². The number of amidine groups is 1. The summed E-state index contributed by atoms with van der Waals surface area (Å²) >= 11 is 0. The number of hydrogen-bond donors (Lipinski definition) is 2. The minimum Gasteiger partial charge on any atom is -0.409 e. The Balaban J connectivity index is 2.50. The third-order valence-corrected chi connectivity index (χ3v) is 3.90. The molecule has 0 bridgehead atoms. The van der Waals surface area contributed by atoms with Crippen molar-refractivity contribution in [2.75, 3.05) is 53.4 Å². The first-order valence-electron chi connectivity index (χ1n) is 7.62. The van der Waals surface area contributed by atoms with Gasteiger partial charge in [-0.05, 0) is 20.5 Å². The Morgan fingerprint density at radius 3 is 2.43 bits per heavy atom. The third-order valence-electron chi connectivity index (χ3n) is 3.90. The Morgan fingerprint density at radius 2 is 1.95 bits per heavy atom. The average Bonchev–Trinajstić information content (AvgIpc) is 2.49. The molecule has 7 nitrogen and oxygen atoms in total. The average molecular weight is 299 g/mol. The van der Waals surface area contributed by atoms with Crippen LogP contribution >= 0.6 is 0 Å². The largest absolute Gasteiger partial charge is 0.409 e. The van der Waals surface area contributed by atoms with Crippen LogP contribution in [0.25, 0.3) is 0 Å². The number of hydrogen-bond acceptors (Lipinski definition) is 5. The van der Waals surface area contributed by atoms with Gasteiger partial charge in [0.25, 0.3) is 0 Å². The van der Waals surface area contributed by atoms with Crippen molar-refractivity contribution < 1.29 is 10.0 Å². The zero-order valence-electron chi connectivity index (χ0n) is 13.5. The van der Waals surface area contributed by atoms with Crippen LogP contribution in [0.2, 0.25) is 0 Å². The van der Waals surface area contributed by atoms with Gasteiger partial charge in [-0.25, -0.2) is 0 Å². The summed E-state index contributed by atoms with van der Waals surface area (Å²) in [5, 5.41) is 11.8. The maximum Gasteiger partial charge on any atom is 0.233 e. The summed E-state index contributed by atoms with van der Waals surface area (Å²) in [5.74, 6) is -0.482. The van der Waals surface area contributed by atoms with Crippen LogP contribution in [0.15, 0.2) is 5.16 Å². The molecular formula is C14H29N5O2. The summed E-state index contributed by atoms with van der Waals surface area (Å²) in [7, 11) is 4.12. The molecular weight excluding hydrogens is 270 g/mol. The van der Waals surface area contributed by atoms with E-state index in [1.165, 1.54) is 0 Å². The van der Waals surface area contributed by atoms with Crippen LogP contribution in [0.5, 0.6) is 0 Å². The van der Waals surface area contributed by atoms with Crippen molar-refractivity contribution in [1.29, 1.82) is 0 Å². The summed E-state index contributed by atoms with van der Waals surface area (Å²) < 4.78 is 0. The molecule has 1 rings (SSSR count). The van der Waals surface area contributed by atoms with Crippen molar-refractivity contribution in [2.24, 2.45) is 16.8 Å². The van der Waals surface area contributed by atoms with E-state index in [0.717, 1.165) is 32.6 Å². The highest BCUT2D eigenvalue weighted by molar-refractivity contribution is 6.02. The Hall–Kier alpha value is -1.34. The van der Waals surface area contributed by atoms with E-state index < -0.39 is 5.92 Å². The van der Waals surface area contributed by atoms with Crippen LogP contribution in [-0.2, 0) is 4.79 Å². The number of piperazine rings is 1. The molecule has 0 saturated carbocycles. The van der Waals surface area contributed by atoms with Crippen molar-refractivity contribution >= 4 is 11.7 Å². The number of carbonyl (C=O) groups is 1. The van der Waals surface area contributed by atoms with E-state index in [-0.39, 0.29) is 11.7 Å². The van der Waals surface area contributed by atoms with Gasteiger partial charge in [0, 0.05) is 39.3 Å². The highest BCUT2D eigenvalue weighted by Gasteiger charge is 2.29. The van der Waals surface area contributed by atoms with Gasteiger partial charge in [-0.3, -0.25) is 9.69 Å². The summed E-state index contributed by atoms with van der Waals surface area (Å²) in [6, 6.07) is 0. The lowest BCUT2D eigenvalue weighted by molar-refractivity contribution is -0.135. The van der Waals surface area contributed by atoms with Gasteiger partial charge in [0.15, 0.2) is 5.84 Å². The number of amides is 1. The van der Waals surface area contributed by atoms with Crippen molar-refractivity contribution in [1.82, 2.24) is 14.7 Å². The summed E-state index contributed by atoms with van der Waals surface area (Å²) in [4.78, 5) is 18.8. The molecule has 0 aromatic rings. The molecule has 3 N–H and O–H groups in total. The summed E-state index contributed by atoms with van der Waals surface area (Å²) in [6.07, 6.45) is 1.45. The van der Waals surface area contributed by atoms with E-state index in [2.05, 4.69) is 29.1 Å². The standard InChI is InChI=1S/C14H29N5O2/c1-4-5-12(13(15)16-21)14(20)19-10-8-18(9-11-19)7-6-17(2)3/h12,21H,4-11H2,1-3H3,(H2,15,16). The van der Waals surface area contributed by atoms with E-state index in [9.17, 15) is 4.79 Å². The minimum absolute atomic E-state index is 0.0144. The SMILES string of the molecule is CCCC(C(=O)N1CCN(CCN(C)C)CC1)C(N)=NO. The Bertz CT molecular complexity index is 351. The topological polar surface area (TPSA) is 85.4 Å². The third kappa shape index (κ3) is 5.51. The summed E-state index contributed by atoms with van der Waals surface area (Å²) in [5.41, 5.74) is 5.66. The Kier molecular flexibility index (Phi) is 7.45. The lowest BCUT2D eigenvalue weighted by atomic mass is 10.0. The molecule has 1 unspecified atom stereocenters. The fourth-order valence-corrected chi connectivity index (χ4v) is 2.51. The van der Waals surface area contributed by atoms with Gasteiger partial charge in [0.2, 0.25) is 5.91 Å². The maximum atomic E-state index is 12.5. The molecule has 0 aromatic carbocycles. The fourth-order valence-electron chi connectivity index (χ4n) is 2.51. The van der Waals surface area contributed by atoms with Gasteiger partial charge in [-0.2, -0.15) is 0 Å². The second-order valence-electron chi connectivity index (χ2n) is 5.84. The van der Waals surface area contributed by atoms with Gasteiger partial charge >= 0.3 is 0 Å². The second kappa shape index (κ2) is 8.84. The van der Waals surface area contributed by atoms with Crippen LogP contribution < -0.4 is 5.73 Å². The quantitative estimate of drug-likeness (QED) is 0.296. The first-order valence-corrected chi connectivity index (χ1v) is 7.62. The molecule has 1 saturated heterocycles. The zero-order valence-corrected chi connectivity index (χ0v) is 13.5. The van der Waals surface area contributed by atoms with Gasteiger partial charge in [0.1, 0.15) is 0 Å². The lowest BCUT2D eigenvalue weighted by Crippen LogP contribution is -2.52. The molecule has 21 heavy (non-hydrogen) atoms. The molecule has 0 radical (unpaired) electrons. The minimum atomic E-state index is -0.492. The normalized spacial score (nSPS) is 19.0. The molecule has 1 amide bonds. The molecule has 122 valence electrons. The van der Waals surface area contributed by atoms with Gasteiger partial charge < -0.3 is 20.7 Å². The monoisotopic (exact) mass is 299 g/mol. The van der Waals surface area contributed by atoms with Crippen LogP contribution in [-0.4, -0.2) is 85.0 Å². The Labute approximate surface area is 127 Å². The second-order valence-corrected chi connectivity index (χ2v) is 5.84. The van der Waals surface area contributed by atoms with E-state index in [4.69, 9.17) is 10.9 Å². The smallest absolute Gasteiger partial charge is 0.233 e. The molecule has 1 heterocycles. The maximum absolute atomic E-state index is 12.5. The van der Waals surface area contributed by atoms with E-state index >= 15 is 0 Å². The highest BCUT2D eigenvalue weighted by atomic mass is 16.4. The zero-order chi connectivity index (χ0) is 15.8. The highest BCUT2D eigenvalue weighted by Crippen LogP contribution is 2.13. The number of nitrogens with zero attached hydrogens (tertiary/aromatic N) is 4. The summed E-state index contributed by atoms with van der Waals surface area (Å²) in [6.45, 7) is 7.23. The van der Waals surface area contributed by atoms with Crippen LogP contribution in [0.3, 0.4) is 0 Å². The van der Waals surface area contributed by atoms with Crippen LogP contribution in [0, 0.1) is 5.92 Å². The van der Waals surface area contributed by atoms with Crippen LogP contribution in [0.4, 0.5) is 0 Å². The number of oxime groups is 1. The molecule has 0 spiro atoms. The number of nitrogens with two attached hydrogens (primary N) is 1. The molecule has 1 aliphatic heterocycles. The van der Waals surface area contributed by atoms with Gasteiger partial charge in [0.05, 0.1) is 5.92 Å². The van der Waals surface area contributed by atoms with E-state index in [0.29, 0.717) is 19.5 Å². The van der Waals surface area contributed by atoms with Gasteiger partial charge in [-0.1, -0.05) is 18.5 Å². The Morgan fingerprint density at radius 1 is 1.33 bits per heavy atom. The van der Waals surface area contributed by atoms with Crippen molar-refractivity contribution in [3.8, 4) is 0 Å². The molecule has 7 heteroatoms. The molecule has 0 aliphatic carbocycles. The first kappa shape index (κ1) is 17.7. The molecule has 1 fully saturated rings. The first-order chi connectivity index (χ1) is 9.99. The van der Waals surface area contributed by atoms with Crippen molar-refractivity contribution in [3.63, 3.8) is 0 Å². The van der Waals surface area contributed by atoms with Crippen LogP contribution in [0.1, 0.15) is 19.8 Å². The predicted octanol–water partition coefficient (Wildman–Crippen LogP) is -0.145. The number of likely N-dealkylation sites (N-methyl/N-ethyl adjacent to an activating group) is 1. The van der Waals surface area contributed by atoms with Crippen molar-refractivity contribution in [3.05, 3.63) is 0 Å². The lowest BCUT2D eigenvalue weighted by Gasteiger charge is -2.36. The molecule has 0 aromatic heterocycles. The predicted molar refractivity (Wildman–Crippen MR) is 83.4 cm³/mol. The number of rotatable bonds is 7. The fraction of sp³-hybridized carbons (Fsp3) is 0.857. The molecule has 1 atom stereocenters.